The number of carbonyl (C=O) groups excluding carboxylic acids is 1. The van der Waals surface area contributed by atoms with Crippen molar-refractivity contribution in [3.05, 3.63) is 0 Å². The first-order valence-corrected chi connectivity index (χ1v) is 6.16. The predicted molar refractivity (Wildman–Crippen MR) is 62.3 cm³/mol. The van der Waals surface area contributed by atoms with Gasteiger partial charge in [-0.3, -0.25) is 0 Å². The zero-order chi connectivity index (χ0) is 11.8. The maximum absolute atomic E-state index is 11.5. The van der Waals surface area contributed by atoms with Crippen molar-refractivity contribution < 1.29 is 14.4 Å². The summed E-state index contributed by atoms with van der Waals surface area (Å²) in [7, 11) is 0. The van der Waals surface area contributed by atoms with Crippen LogP contribution in [-0.2, 0) is 14.4 Å². The maximum Gasteiger partial charge on any atom is 0.350 e. The summed E-state index contributed by atoms with van der Waals surface area (Å²) in [6, 6.07) is 0. The van der Waals surface area contributed by atoms with Gasteiger partial charge in [0.2, 0.25) is 6.10 Å². The van der Waals surface area contributed by atoms with Gasteiger partial charge in [-0.25, -0.2) is 4.79 Å². The van der Waals surface area contributed by atoms with E-state index in [-0.39, 0.29) is 5.97 Å². The van der Waals surface area contributed by atoms with Crippen LogP contribution in [0.4, 0.5) is 0 Å². The van der Waals surface area contributed by atoms with Crippen LogP contribution in [0.1, 0.15) is 52.4 Å². The molecule has 0 fully saturated rings. The van der Waals surface area contributed by atoms with Gasteiger partial charge in [0, 0.05) is 6.42 Å². The first kappa shape index (κ1) is 13.0. The number of esters is 1. The molecular weight excluding hydrogens is 206 g/mol. The van der Waals surface area contributed by atoms with Crippen molar-refractivity contribution in [1.29, 1.82) is 0 Å². The van der Waals surface area contributed by atoms with Gasteiger partial charge in [0.1, 0.15) is 0 Å². The SMILES string of the molecule is CCCCOC(=O)C1CC(CCCC)=NO1. The minimum absolute atomic E-state index is 0.274. The lowest BCUT2D eigenvalue weighted by Gasteiger charge is -2.07. The summed E-state index contributed by atoms with van der Waals surface area (Å²) in [5.41, 5.74) is 0.985. The van der Waals surface area contributed by atoms with E-state index in [2.05, 4.69) is 19.0 Å². The lowest BCUT2D eigenvalue weighted by molar-refractivity contribution is -0.155. The number of unbranched alkanes of at least 4 members (excludes halogenated alkanes) is 2. The highest BCUT2D eigenvalue weighted by Crippen LogP contribution is 2.16. The molecule has 0 N–H and O–H groups in total. The van der Waals surface area contributed by atoms with Crippen molar-refractivity contribution >= 4 is 11.7 Å². The molecule has 0 bridgehead atoms. The van der Waals surface area contributed by atoms with Crippen LogP contribution in [0.5, 0.6) is 0 Å². The van der Waals surface area contributed by atoms with Crippen LogP contribution in [-0.4, -0.2) is 24.4 Å². The monoisotopic (exact) mass is 227 g/mol. The Labute approximate surface area is 97.0 Å². The highest BCUT2D eigenvalue weighted by molar-refractivity contribution is 5.91. The van der Waals surface area contributed by atoms with E-state index >= 15 is 0 Å². The predicted octanol–water partition coefficient (Wildman–Crippen LogP) is 2.66. The number of ether oxygens (including phenoxy) is 1. The lowest BCUT2D eigenvalue weighted by atomic mass is 10.1. The molecule has 0 saturated heterocycles. The number of nitrogens with zero attached hydrogens (tertiary/aromatic N) is 1. The molecule has 16 heavy (non-hydrogen) atoms. The van der Waals surface area contributed by atoms with Gasteiger partial charge in [-0.2, -0.15) is 0 Å². The number of hydrogen-bond donors (Lipinski definition) is 0. The van der Waals surface area contributed by atoms with Gasteiger partial charge >= 0.3 is 5.97 Å². The Morgan fingerprint density at radius 1 is 1.44 bits per heavy atom. The summed E-state index contributed by atoms with van der Waals surface area (Å²) in [4.78, 5) is 16.6. The van der Waals surface area contributed by atoms with E-state index < -0.39 is 6.10 Å². The normalized spacial score (nSPS) is 19.1. The fourth-order valence-electron chi connectivity index (χ4n) is 1.49. The minimum Gasteiger partial charge on any atom is -0.463 e. The van der Waals surface area contributed by atoms with Crippen molar-refractivity contribution in [3.8, 4) is 0 Å². The summed E-state index contributed by atoms with van der Waals surface area (Å²) < 4.78 is 5.08. The van der Waals surface area contributed by atoms with Crippen molar-refractivity contribution in [2.75, 3.05) is 6.61 Å². The first-order valence-electron chi connectivity index (χ1n) is 6.16. The molecule has 1 heterocycles. The van der Waals surface area contributed by atoms with Crippen molar-refractivity contribution in [1.82, 2.24) is 0 Å². The zero-order valence-corrected chi connectivity index (χ0v) is 10.2. The molecule has 92 valence electrons. The molecule has 0 aromatic heterocycles. The van der Waals surface area contributed by atoms with Crippen LogP contribution in [0.25, 0.3) is 0 Å². The molecule has 4 heteroatoms. The third-order valence-corrected chi connectivity index (χ3v) is 2.55. The van der Waals surface area contributed by atoms with Gasteiger partial charge in [0.15, 0.2) is 0 Å². The van der Waals surface area contributed by atoms with Crippen LogP contribution in [0.2, 0.25) is 0 Å². The van der Waals surface area contributed by atoms with Gasteiger partial charge < -0.3 is 9.57 Å². The largest absolute Gasteiger partial charge is 0.463 e. The molecule has 0 aromatic rings. The van der Waals surface area contributed by atoms with Crippen LogP contribution in [0, 0.1) is 0 Å². The van der Waals surface area contributed by atoms with E-state index in [1.165, 1.54) is 0 Å². The Bertz CT molecular complexity index is 251. The highest BCUT2D eigenvalue weighted by Gasteiger charge is 2.28. The second-order valence-corrected chi connectivity index (χ2v) is 4.08. The highest BCUT2D eigenvalue weighted by atomic mass is 16.7. The summed E-state index contributed by atoms with van der Waals surface area (Å²) in [6.45, 7) is 4.68. The van der Waals surface area contributed by atoms with Crippen LogP contribution in [0.3, 0.4) is 0 Å². The van der Waals surface area contributed by atoms with E-state index in [4.69, 9.17) is 9.57 Å². The molecule has 1 atom stereocenters. The Balaban J connectivity index is 2.19. The van der Waals surface area contributed by atoms with Crippen LogP contribution >= 0.6 is 0 Å². The van der Waals surface area contributed by atoms with Gasteiger partial charge in [-0.1, -0.05) is 31.8 Å². The van der Waals surface area contributed by atoms with Gasteiger partial charge in [0.25, 0.3) is 0 Å². The van der Waals surface area contributed by atoms with Gasteiger partial charge in [-0.05, 0) is 19.3 Å². The molecule has 4 nitrogen and oxygen atoms in total. The second kappa shape index (κ2) is 7.25. The van der Waals surface area contributed by atoms with E-state index in [1.54, 1.807) is 0 Å². The molecule has 0 aliphatic carbocycles. The molecule has 0 radical (unpaired) electrons. The van der Waals surface area contributed by atoms with Crippen LogP contribution in [0.15, 0.2) is 5.16 Å². The number of hydrogen-bond acceptors (Lipinski definition) is 4. The Hall–Kier alpha value is -1.06. The smallest absolute Gasteiger partial charge is 0.350 e. The summed E-state index contributed by atoms with van der Waals surface area (Å²) in [6.07, 6.45) is 5.19. The van der Waals surface area contributed by atoms with Crippen LogP contribution < -0.4 is 0 Å². The molecule has 0 spiro atoms. The third kappa shape index (κ3) is 4.21. The molecule has 1 rings (SSSR count). The third-order valence-electron chi connectivity index (χ3n) is 2.55. The molecular formula is C12H21NO3. The molecule has 0 aromatic carbocycles. The quantitative estimate of drug-likeness (QED) is 0.496. The van der Waals surface area contributed by atoms with E-state index in [0.29, 0.717) is 13.0 Å². The van der Waals surface area contributed by atoms with Gasteiger partial charge in [0.05, 0.1) is 12.3 Å². The Morgan fingerprint density at radius 3 is 2.88 bits per heavy atom. The summed E-state index contributed by atoms with van der Waals surface area (Å²) in [5.74, 6) is -0.274. The van der Waals surface area contributed by atoms with Crippen molar-refractivity contribution in [3.63, 3.8) is 0 Å². The standard InChI is InChI=1S/C12H21NO3/c1-3-5-7-10-9-11(16-13-10)12(14)15-8-6-4-2/h11H,3-9H2,1-2H3. The molecule has 1 aliphatic rings. The molecule has 0 saturated carbocycles. The average molecular weight is 227 g/mol. The Kier molecular flexibility index (Phi) is 5.90. The average Bonchev–Trinajstić information content (AvgIpc) is 2.75. The van der Waals surface area contributed by atoms with Gasteiger partial charge in [-0.15, -0.1) is 0 Å². The number of rotatable bonds is 7. The molecule has 0 amide bonds. The fraction of sp³-hybridized carbons (Fsp3) is 0.833. The fourth-order valence-corrected chi connectivity index (χ4v) is 1.49. The topological polar surface area (TPSA) is 47.9 Å². The second-order valence-electron chi connectivity index (χ2n) is 4.08. The number of carbonyl (C=O) groups is 1. The maximum atomic E-state index is 11.5. The van der Waals surface area contributed by atoms with Crippen molar-refractivity contribution in [2.45, 2.75) is 58.5 Å². The van der Waals surface area contributed by atoms with E-state index in [0.717, 1.165) is 37.8 Å². The first-order chi connectivity index (χ1) is 7.77. The molecule has 1 aliphatic heterocycles. The molecule has 1 unspecified atom stereocenters. The summed E-state index contributed by atoms with van der Waals surface area (Å²) in [5, 5.41) is 3.92. The number of oxime groups is 1. The summed E-state index contributed by atoms with van der Waals surface area (Å²) >= 11 is 0. The van der Waals surface area contributed by atoms with E-state index in [1.807, 2.05) is 0 Å². The van der Waals surface area contributed by atoms with Crippen molar-refractivity contribution in [2.24, 2.45) is 5.16 Å². The Morgan fingerprint density at radius 2 is 2.19 bits per heavy atom. The minimum atomic E-state index is -0.497. The van der Waals surface area contributed by atoms with E-state index in [9.17, 15) is 4.79 Å². The zero-order valence-electron chi connectivity index (χ0n) is 10.2. The lowest BCUT2D eigenvalue weighted by Crippen LogP contribution is -2.23.